The number of rotatable bonds is 4. The van der Waals surface area contributed by atoms with Gasteiger partial charge in [-0.05, 0) is 42.0 Å². The molecule has 3 rings (SSSR count). The molecule has 0 bridgehead atoms. The van der Waals surface area contributed by atoms with Gasteiger partial charge in [0.05, 0.1) is 25.8 Å². The van der Waals surface area contributed by atoms with Crippen LogP contribution in [0.1, 0.15) is 5.56 Å². The van der Waals surface area contributed by atoms with Gasteiger partial charge in [-0.1, -0.05) is 52.3 Å². The maximum absolute atomic E-state index is 12.9. The number of carbonyl (C=O) groups is 3. The lowest BCUT2D eigenvalue weighted by atomic mass is 10.1. The number of anilines is 1. The second-order valence-electron chi connectivity index (χ2n) is 5.86. The topological polar surface area (TPSA) is 75.7 Å². The van der Waals surface area contributed by atoms with Crippen molar-refractivity contribution in [2.24, 2.45) is 0 Å². The average molecular weight is 484 g/mol. The van der Waals surface area contributed by atoms with E-state index in [2.05, 4.69) is 11.2 Å². The number of nitrogens with one attached hydrogen (secondary N) is 1. The van der Waals surface area contributed by atoms with E-state index in [1.165, 1.54) is 36.4 Å². The first-order valence-corrected chi connectivity index (χ1v) is 9.66. The van der Waals surface area contributed by atoms with Crippen LogP contribution < -0.4 is 15.0 Å². The predicted molar refractivity (Wildman–Crippen MR) is 116 cm³/mol. The van der Waals surface area contributed by atoms with Gasteiger partial charge >= 0.3 is 6.03 Å². The zero-order valence-electron chi connectivity index (χ0n) is 14.8. The molecular formula is C20H10Cl4N2O4. The normalized spacial score (nSPS) is 15.2. The van der Waals surface area contributed by atoms with Crippen molar-refractivity contribution in [3.63, 3.8) is 0 Å². The first-order chi connectivity index (χ1) is 14.2. The molecule has 152 valence electrons. The summed E-state index contributed by atoms with van der Waals surface area (Å²) in [7, 11) is 0. The molecule has 0 atom stereocenters. The van der Waals surface area contributed by atoms with Gasteiger partial charge in [0.15, 0.2) is 5.75 Å². The Morgan fingerprint density at radius 3 is 2.27 bits per heavy atom. The summed E-state index contributed by atoms with van der Waals surface area (Å²) in [5, 5.41) is 2.74. The molecule has 1 aliphatic rings. The van der Waals surface area contributed by atoms with E-state index < -0.39 is 17.8 Å². The van der Waals surface area contributed by atoms with Gasteiger partial charge in [0, 0.05) is 0 Å². The second kappa shape index (κ2) is 8.99. The molecule has 6 nitrogen and oxygen atoms in total. The minimum absolute atomic E-state index is 0.0402. The van der Waals surface area contributed by atoms with Crippen LogP contribution in [-0.2, 0) is 9.59 Å². The van der Waals surface area contributed by atoms with Gasteiger partial charge in [0.1, 0.15) is 12.2 Å². The van der Waals surface area contributed by atoms with E-state index >= 15 is 0 Å². The molecular weight excluding hydrogens is 474 g/mol. The summed E-state index contributed by atoms with van der Waals surface area (Å²) >= 11 is 24.2. The molecule has 0 unspecified atom stereocenters. The lowest BCUT2D eigenvalue weighted by molar-refractivity contribution is -0.122. The molecule has 2 aromatic rings. The van der Waals surface area contributed by atoms with Crippen LogP contribution in [0.4, 0.5) is 10.5 Å². The number of amides is 4. The van der Waals surface area contributed by atoms with Crippen molar-refractivity contribution >= 4 is 76.0 Å². The van der Waals surface area contributed by atoms with Crippen LogP contribution in [-0.4, -0.2) is 24.5 Å². The lowest BCUT2D eigenvalue weighted by Gasteiger charge is -2.26. The van der Waals surface area contributed by atoms with Gasteiger partial charge in [-0.25, -0.2) is 9.69 Å². The number of benzene rings is 2. The van der Waals surface area contributed by atoms with Gasteiger partial charge in [-0.2, -0.15) is 0 Å². The highest BCUT2D eigenvalue weighted by Crippen LogP contribution is 2.35. The van der Waals surface area contributed by atoms with Gasteiger partial charge in [-0.3, -0.25) is 14.9 Å². The van der Waals surface area contributed by atoms with Crippen LogP contribution in [0.15, 0.2) is 35.9 Å². The number of imide groups is 2. The van der Waals surface area contributed by atoms with E-state index in [1.807, 2.05) is 0 Å². The fraction of sp³-hybridized carbons (Fsp3) is 0.0500. The van der Waals surface area contributed by atoms with Crippen LogP contribution in [0, 0.1) is 12.3 Å². The van der Waals surface area contributed by atoms with Crippen LogP contribution in [0.3, 0.4) is 0 Å². The summed E-state index contributed by atoms with van der Waals surface area (Å²) in [4.78, 5) is 38.2. The zero-order chi connectivity index (χ0) is 22.0. The Morgan fingerprint density at radius 1 is 1.00 bits per heavy atom. The fourth-order valence-electron chi connectivity index (χ4n) is 2.60. The number of carbonyl (C=O) groups excluding carboxylic acids is 3. The quantitative estimate of drug-likeness (QED) is 0.378. The van der Waals surface area contributed by atoms with Crippen LogP contribution in [0.5, 0.6) is 5.75 Å². The lowest BCUT2D eigenvalue weighted by Crippen LogP contribution is -2.54. The smallest absolute Gasteiger partial charge is 0.335 e. The summed E-state index contributed by atoms with van der Waals surface area (Å²) < 4.78 is 5.27. The van der Waals surface area contributed by atoms with Gasteiger partial charge in [0.2, 0.25) is 0 Å². The molecule has 4 amide bonds. The highest BCUT2D eigenvalue weighted by molar-refractivity contribution is 6.43. The number of nitrogens with zero attached hydrogens (tertiary/aromatic N) is 1. The van der Waals surface area contributed by atoms with E-state index in [9.17, 15) is 14.4 Å². The number of halogens is 4. The molecule has 10 heteroatoms. The summed E-state index contributed by atoms with van der Waals surface area (Å²) in [6.45, 7) is -0.0402. The highest BCUT2D eigenvalue weighted by Gasteiger charge is 2.37. The first kappa shape index (κ1) is 22.0. The van der Waals surface area contributed by atoms with Crippen molar-refractivity contribution in [2.45, 2.75) is 0 Å². The first-order valence-electron chi connectivity index (χ1n) is 8.14. The molecule has 2 aromatic carbocycles. The number of barbiturate groups is 1. The van der Waals surface area contributed by atoms with Crippen molar-refractivity contribution < 1.29 is 19.1 Å². The molecule has 30 heavy (non-hydrogen) atoms. The predicted octanol–water partition coefficient (Wildman–Crippen LogP) is 4.98. The molecule has 0 spiro atoms. The molecule has 1 fully saturated rings. The van der Waals surface area contributed by atoms with E-state index in [0.29, 0.717) is 5.56 Å². The van der Waals surface area contributed by atoms with E-state index in [-0.39, 0.29) is 43.7 Å². The Morgan fingerprint density at radius 2 is 1.67 bits per heavy atom. The number of terminal acetylenes is 1. The minimum Gasteiger partial charge on any atom is -0.478 e. The number of ether oxygens (including phenoxy) is 1. The molecule has 0 aromatic heterocycles. The Hall–Kier alpha value is -2.69. The molecule has 1 aliphatic heterocycles. The third-order valence-electron chi connectivity index (χ3n) is 3.89. The van der Waals surface area contributed by atoms with Gasteiger partial charge in [-0.15, -0.1) is 6.42 Å². The number of hydrogen-bond acceptors (Lipinski definition) is 4. The monoisotopic (exact) mass is 482 g/mol. The van der Waals surface area contributed by atoms with Crippen LogP contribution in [0.2, 0.25) is 20.1 Å². The Bertz CT molecular complexity index is 1130. The molecule has 0 aliphatic carbocycles. The van der Waals surface area contributed by atoms with Crippen molar-refractivity contribution in [3.05, 3.63) is 61.6 Å². The molecule has 1 heterocycles. The Kier molecular flexibility index (Phi) is 6.59. The van der Waals surface area contributed by atoms with Crippen molar-refractivity contribution in [1.29, 1.82) is 0 Å². The second-order valence-corrected chi connectivity index (χ2v) is 7.49. The summed E-state index contributed by atoms with van der Waals surface area (Å²) in [6, 6.07) is 6.13. The molecule has 1 saturated heterocycles. The SMILES string of the molecule is C#CCOc1c(Cl)cc(/C=C2\C(=O)NC(=O)N(c3ccc(Cl)c(Cl)c3)C2=O)cc1Cl. The van der Waals surface area contributed by atoms with E-state index in [1.54, 1.807) is 0 Å². The molecule has 0 saturated carbocycles. The largest absolute Gasteiger partial charge is 0.478 e. The third-order valence-corrected chi connectivity index (χ3v) is 5.20. The zero-order valence-corrected chi connectivity index (χ0v) is 17.9. The minimum atomic E-state index is -0.922. The number of urea groups is 1. The number of hydrogen-bond donors (Lipinski definition) is 1. The van der Waals surface area contributed by atoms with Gasteiger partial charge in [0.25, 0.3) is 11.8 Å². The maximum Gasteiger partial charge on any atom is 0.335 e. The average Bonchev–Trinajstić information content (AvgIpc) is 2.67. The van der Waals surface area contributed by atoms with Crippen molar-refractivity contribution in [2.75, 3.05) is 11.5 Å². The van der Waals surface area contributed by atoms with Crippen LogP contribution >= 0.6 is 46.4 Å². The summed E-state index contributed by atoms with van der Waals surface area (Å²) in [5.41, 5.74) is 0.157. The molecule has 1 N–H and O–H groups in total. The standard InChI is InChI=1S/C20H10Cl4N2O4/c1-2-5-30-17-15(23)7-10(8-16(17)24)6-12-18(27)25-20(29)26(19(12)28)11-3-4-13(21)14(22)9-11/h1,3-4,6-9H,5H2,(H,25,27,29)/b12-6+. The van der Waals surface area contributed by atoms with Crippen molar-refractivity contribution in [1.82, 2.24) is 5.32 Å². The van der Waals surface area contributed by atoms with Crippen LogP contribution in [0.25, 0.3) is 6.08 Å². The summed E-state index contributed by atoms with van der Waals surface area (Å²) in [5.74, 6) is 0.729. The van der Waals surface area contributed by atoms with E-state index in [0.717, 1.165) is 4.90 Å². The summed E-state index contributed by atoms with van der Waals surface area (Å²) in [6.07, 6.45) is 6.40. The fourth-order valence-corrected chi connectivity index (χ4v) is 3.50. The maximum atomic E-state index is 12.9. The molecule has 0 radical (unpaired) electrons. The van der Waals surface area contributed by atoms with Gasteiger partial charge < -0.3 is 4.74 Å². The van der Waals surface area contributed by atoms with Crippen molar-refractivity contribution in [3.8, 4) is 18.1 Å². The Balaban J connectivity index is 2.00. The van der Waals surface area contributed by atoms with E-state index in [4.69, 9.17) is 57.6 Å². The highest BCUT2D eigenvalue weighted by atomic mass is 35.5. The Labute approximate surface area is 191 Å². The third kappa shape index (κ3) is 4.40.